The molecule has 0 saturated carbocycles. The summed E-state index contributed by atoms with van der Waals surface area (Å²) >= 11 is 0. The molecule has 0 radical (unpaired) electrons. The fraction of sp³-hybridized carbons (Fsp3) is 0.684. The summed E-state index contributed by atoms with van der Waals surface area (Å²) in [6.07, 6.45) is 12.3. The summed E-state index contributed by atoms with van der Waals surface area (Å²) in [4.78, 5) is 0. The highest BCUT2D eigenvalue weighted by Gasteiger charge is 1.97. The lowest BCUT2D eigenvalue weighted by atomic mass is 10.1. The molecule has 0 fully saturated rings. The third-order valence-corrected chi connectivity index (χ3v) is 3.99. The molecule has 1 heteroatoms. The predicted molar refractivity (Wildman–Crippen MR) is 88.6 cm³/mol. The van der Waals surface area contributed by atoms with Gasteiger partial charge in [-0.15, -0.1) is 0 Å². The van der Waals surface area contributed by atoms with Crippen LogP contribution < -0.4 is 4.74 Å². The molecule has 0 aliphatic heterocycles. The summed E-state index contributed by atoms with van der Waals surface area (Å²) in [6.45, 7) is 7.41. The first-order valence-corrected chi connectivity index (χ1v) is 8.44. The zero-order valence-electron chi connectivity index (χ0n) is 13.7. The van der Waals surface area contributed by atoms with E-state index in [4.69, 9.17) is 4.74 Å². The van der Waals surface area contributed by atoms with E-state index in [0.717, 1.165) is 12.4 Å². The van der Waals surface area contributed by atoms with Crippen LogP contribution in [0.5, 0.6) is 5.75 Å². The van der Waals surface area contributed by atoms with Crippen LogP contribution in [0, 0.1) is 13.8 Å². The number of aryl methyl sites for hydroxylation is 2. The summed E-state index contributed by atoms with van der Waals surface area (Å²) in [5.41, 5.74) is 2.65. The van der Waals surface area contributed by atoms with Crippen LogP contribution in [0.2, 0.25) is 0 Å². The first kappa shape index (κ1) is 17.1. The molecule has 0 aromatic heterocycles. The summed E-state index contributed by atoms with van der Waals surface area (Å²) in [6, 6.07) is 6.36. The van der Waals surface area contributed by atoms with Crippen LogP contribution in [0.25, 0.3) is 0 Å². The number of benzene rings is 1. The molecule has 0 spiro atoms. The number of hydrogen-bond donors (Lipinski definition) is 0. The Morgan fingerprint density at radius 2 is 1.35 bits per heavy atom. The van der Waals surface area contributed by atoms with Crippen LogP contribution in [0.1, 0.15) is 75.8 Å². The van der Waals surface area contributed by atoms with E-state index in [9.17, 15) is 0 Å². The summed E-state index contributed by atoms with van der Waals surface area (Å²) in [7, 11) is 0. The van der Waals surface area contributed by atoms with Crippen molar-refractivity contribution < 1.29 is 4.74 Å². The molecule has 0 N–H and O–H groups in total. The first-order valence-electron chi connectivity index (χ1n) is 8.44. The summed E-state index contributed by atoms with van der Waals surface area (Å²) in [5.74, 6) is 1.02. The summed E-state index contributed by atoms with van der Waals surface area (Å²) < 4.78 is 5.80. The smallest absolute Gasteiger partial charge is 0.119 e. The topological polar surface area (TPSA) is 9.23 Å². The van der Waals surface area contributed by atoms with E-state index < -0.39 is 0 Å². The molecule has 1 aromatic rings. The zero-order chi connectivity index (χ0) is 14.6. The standard InChI is InChI=1S/C19H32O/c1-4-5-6-7-8-9-10-11-12-15-20-19-14-13-17(2)18(3)16-19/h13-14,16H,4-12,15H2,1-3H3. The number of rotatable bonds is 11. The monoisotopic (exact) mass is 276 g/mol. The van der Waals surface area contributed by atoms with Crippen LogP contribution in [-0.4, -0.2) is 6.61 Å². The zero-order valence-corrected chi connectivity index (χ0v) is 13.7. The molecule has 1 nitrogen and oxygen atoms in total. The van der Waals surface area contributed by atoms with E-state index in [1.54, 1.807) is 0 Å². The molecule has 0 heterocycles. The van der Waals surface area contributed by atoms with E-state index in [2.05, 4.69) is 39.0 Å². The average Bonchev–Trinajstić information content (AvgIpc) is 2.45. The SMILES string of the molecule is CCCCCCCCCCCOc1ccc(C)c(C)c1. The minimum Gasteiger partial charge on any atom is -0.494 e. The molecular weight excluding hydrogens is 244 g/mol. The van der Waals surface area contributed by atoms with Crippen molar-refractivity contribution in [3.05, 3.63) is 29.3 Å². The lowest BCUT2D eigenvalue weighted by Gasteiger charge is -2.08. The quantitative estimate of drug-likeness (QED) is 0.436. The van der Waals surface area contributed by atoms with Gasteiger partial charge in [-0.25, -0.2) is 0 Å². The molecule has 1 rings (SSSR count). The highest BCUT2D eigenvalue weighted by molar-refractivity contribution is 5.33. The molecule has 0 saturated heterocycles. The molecule has 0 amide bonds. The van der Waals surface area contributed by atoms with Crippen LogP contribution in [0.4, 0.5) is 0 Å². The Morgan fingerprint density at radius 1 is 0.750 bits per heavy atom. The molecule has 0 atom stereocenters. The van der Waals surface area contributed by atoms with Gasteiger partial charge in [0, 0.05) is 0 Å². The van der Waals surface area contributed by atoms with Gasteiger partial charge in [-0.1, -0.05) is 64.4 Å². The molecular formula is C19H32O. The van der Waals surface area contributed by atoms with Gasteiger partial charge in [0.25, 0.3) is 0 Å². The lowest BCUT2D eigenvalue weighted by Crippen LogP contribution is -1.98. The van der Waals surface area contributed by atoms with E-state index >= 15 is 0 Å². The molecule has 0 aliphatic rings. The van der Waals surface area contributed by atoms with Gasteiger partial charge < -0.3 is 4.74 Å². The van der Waals surface area contributed by atoms with E-state index in [-0.39, 0.29) is 0 Å². The Labute approximate surface area is 125 Å². The lowest BCUT2D eigenvalue weighted by molar-refractivity contribution is 0.304. The Bertz CT molecular complexity index is 357. The van der Waals surface area contributed by atoms with Crippen molar-refractivity contribution in [3.63, 3.8) is 0 Å². The maximum Gasteiger partial charge on any atom is 0.119 e. The molecule has 0 bridgehead atoms. The fourth-order valence-electron chi connectivity index (χ4n) is 2.41. The molecule has 20 heavy (non-hydrogen) atoms. The van der Waals surface area contributed by atoms with Gasteiger partial charge in [0.1, 0.15) is 5.75 Å². The van der Waals surface area contributed by atoms with Gasteiger partial charge in [-0.3, -0.25) is 0 Å². The highest BCUT2D eigenvalue weighted by atomic mass is 16.5. The van der Waals surface area contributed by atoms with Crippen molar-refractivity contribution >= 4 is 0 Å². The van der Waals surface area contributed by atoms with Crippen molar-refractivity contribution in [2.75, 3.05) is 6.61 Å². The van der Waals surface area contributed by atoms with Gasteiger partial charge >= 0.3 is 0 Å². The Hall–Kier alpha value is -0.980. The molecule has 114 valence electrons. The van der Waals surface area contributed by atoms with E-state index in [1.165, 1.54) is 68.9 Å². The minimum absolute atomic E-state index is 0.859. The predicted octanol–water partition coefficient (Wildman–Crippen LogP) is 6.21. The van der Waals surface area contributed by atoms with E-state index in [1.807, 2.05) is 0 Å². The van der Waals surface area contributed by atoms with Crippen molar-refractivity contribution in [2.24, 2.45) is 0 Å². The Kier molecular flexibility index (Phi) is 9.19. The second-order valence-electron chi connectivity index (χ2n) is 5.92. The average molecular weight is 276 g/mol. The van der Waals surface area contributed by atoms with Gasteiger partial charge in [-0.05, 0) is 43.5 Å². The summed E-state index contributed by atoms with van der Waals surface area (Å²) in [5, 5.41) is 0. The van der Waals surface area contributed by atoms with Crippen molar-refractivity contribution in [1.82, 2.24) is 0 Å². The fourth-order valence-corrected chi connectivity index (χ4v) is 2.41. The molecule has 1 aromatic carbocycles. The van der Waals surface area contributed by atoms with Crippen molar-refractivity contribution in [2.45, 2.75) is 78.6 Å². The van der Waals surface area contributed by atoms with Crippen molar-refractivity contribution in [3.8, 4) is 5.75 Å². The first-order chi connectivity index (χ1) is 9.74. The maximum absolute atomic E-state index is 5.80. The second kappa shape index (κ2) is 10.8. The van der Waals surface area contributed by atoms with Crippen LogP contribution >= 0.6 is 0 Å². The Morgan fingerprint density at radius 3 is 1.95 bits per heavy atom. The number of unbranched alkanes of at least 4 members (excludes halogenated alkanes) is 8. The number of ether oxygens (including phenoxy) is 1. The van der Waals surface area contributed by atoms with Gasteiger partial charge in [-0.2, -0.15) is 0 Å². The number of hydrogen-bond acceptors (Lipinski definition) is 1. The highest BCUT2D eigenvalue weighted by Crippen LogP contribution is 2.17. The molecule has 0 aliphatic carbocycles. The molecule has 0 unspecified atom stereocenters. The third-order valence-electron chi connectivity index (χ3n) is 3.99. The van der Waals surface area contributed by atoms with Crippen molar-refractivity contribution in [1.29, 1.82) is 0 Å². The van der Waals surface area contributed by atoms with Gasteiger partial charge in [0.15, 0.2) is 0 Å². The normalized spacial score (nSPS) is 10.8. The van der Waals surface area contributed by atoms with Crippen LogP contribution in [0.15, 0.2) is 18.2 Å². The van der Waals surface area contributed by atoms with Crippen LogP contribution in [-0.2, 0) is 0 Å². The Balaban J connectivity index is 1.95. The van der Waals surface area contributed by atoms with Gasteiger partial charge in [0.2, 0.25) is 0 Å². The van der Waals surface area contributed by atoms with Gasteiger partial charge in [0.05, 0.1) is 6.61 Å². The largest absolute Gasteiger partial charge is 0.494 e. The van der Waals surface area contributed by atoms with Crippen LogP contribution in [0.3, 0.4) is 0 Å². The maximum atomic E-state index is 5.80. The second-order valence-corrected chi connectivity index (χ2v) is 5.92. The van der Waals surface area contributed by atoms with E-state index in [0.29, 0.717) is 0 Å². The third kappa shape index (κ3) is 7.57. The minimum atomic E-state index is 0.859.